The van der Waals surface area contributed by atoms with Crippen molar-refractivity contribution in [2.75, 3.05) is 22.6 Å². The van der Waals surface area contributed by atoms with E-state index in [1.54, 1.807) is 6.07 Å². The molecule has 0 aliphatic carbocycles. The number of carbonyl (C=O) groups is 3. The molecule has 2 heterocycles. The van der Waals surface area contributed by atoms with Crippen LogP contribution in [0.1, 0.15) is 39.4 Å². The van der Waals surface area contributed by atoms with Gasteiger partial charge in [-0.1, -0.05) is 31.3 Å². The summed E-state index contributed by atoms with van der Waals surface area (Å²) >= 11 is 0.952. The predicted octanol–water partition coefficient (Wildman–Crippen LogP) is 3.87. The van der Waals surface area contributed by atoms with Gasteiger partial charge in [0.25, 0.3) is 5.91 Å². The molecule has 12 heteroatoms. The fourth-order valence-corrected chi connectivity index (χ4v) is 3.17. The Labute approximate surface area is 193 Å². The number of anilines is 3. The molecular weight excluding hydrogens is 448 g/mol. The molecule has 3 aromatic rings. The van der Waals surface area contributed by atoms with Gasteiger partial charge in [-0.3, -0.25) is 15.4 Å². The SMILES string of the molecule is Cc1ccc(NC(=O)Nc2ncc(C(=O)Nc3ncc(C(=O)O)cn3)s2)c(OCC(C)C)c1. The first-order valence-corrected chi connectivity index (χ1v) is 10.7. The van der Waals surface area contributed by atoms with E-state index < -0.39 is 17.9 Å². The number of aromatic nitrogens is 3. The van der Waals surface area contributed by atoms with Gasteiger partial charge in [0.05, 0.1) is 24.1 Å². The molecule has 0 saturated carbocycles. The van der Waals surface area contributed by atoms with Gasteiger partial charge in [-0.25, -0.2) is 24.5 Å². The molecule has 0 fully saturated rings. The number of ether oxygens (including phenoxy) is 1. The number of benzene rings is 1. The molecule has 0 spiro atoms. The van der Waals surface area contributed by atoms with E-state index >= 15 is 0 Å². The van der Waals surface area contributed by atoms with Crippen LogP contribution in [-0.2, 0) is 0 Å². The van der Waals surface area contributed by atoms with Crippen LogP contribution < -0.4 is 20.7 Å². The highest BCUT2D eigenvalue weighted by Gasteiger charge is 2.15. The normalized spacial score (nSPS) is 10.5. The molecule has 4 N–H and O–H groups in total. The Hall–Kier alpha value is -4.06. The number of carboxylic acid groups (broad SMARTS) is 1. The smallest absolute Gasteiger partial charge is 0.338 e. The first-order chi connectivity index (χ1) is 15.7. The summed E-state index contributed by atoms with van der Waals surface area (Å²) in [5.74, 6) is -0.890. The number of aromatic carboxylic acids is 1. The predicted molar refractivity (Wildman–Crippen MR) is 123 cm³/mol. The minimum absolute atomic E-state index is 0.0565. The summed E-state index contributed by atoms with van der Waals surface area (Å²) in [5, 5.41) is 16.8. The van der Waals surface area contributed by atoms with E-state index in [1.807, 2.05) is 32.9 Å². The topological polar surface area (TPSA) is 155 Å². The van der Waals surface area contributed by atoms with Gasteiger partial charge in [0.2, 0.25) is 5.95 Å². The average molecular weight is 471 g/mol. The van der Waals surface area contributed by atoms with Crippen molar-refractivity contribution in [3.63, 3.8) is 0 Å². The molecule has 11 nitrogen and oxygen atoms in total. The van der Waals surface area contributed by atoms with Gasteiger partial charge >= 0.3 is 12.0 Å². The Balaban J connectivity index is 1.60. The second-order valence-corrected chi connectivity index (χ2v) is 8.40. The molecular formula is C21H22N6O5S. The number of thiazole rings is 1. The van der Waals surface area contributed by atoms with E-state index in [0.717, 1.165) is 29.3 Å². The van der Waals surface area contributed by atoms with Crippen LogP contribution in [0.2, 0.25) is 0 Å². The quantitative estimate of drug-likeness (QED) is 0.387. The standard InChI is InChI=1S/C21H22N6O5S/c1-11(2)10-32-15-6-12(3)4-5-14(15)25-20(31)27-21-24-9-16(33-21)17(28)26-19-22-7-13(8-23-19)18(29)30/h4-9,11H,10H2,1-3H3,(H,29,30)(H,22,23,26,28)(H2,24,25,27,31). The highest BCUT2D eigenvalue weighted by Crippen LogP contribution is 2.27. The van der Waals surface area contributed by atoms with Crippen LogP contribution in [0.25, 0.3) is 0 Å². The molecule has 3 rings (SSSR count). The van der Waals surface area contributed by atoms with Crippen molar-refractivity contribution in [3.05, 3.63) is 52.8 Å². The number of nitrogens with zero attached hydrogens (tertiary/aromatic N) is 3. The Morgan fingerprint density at radius 1 is 1.06 bits per heavy atom. The van der Waals surface area contributed by atoms with Crippen molar-refractivity contribution >= 4 is 46.0 Å². The first kappa shape index (κ1) is 23.6. The van der Waals surface area contributed by atoms with E-state index in [2.05, 4.69) is 30.9 Å². The second kappa shape index (κ2) is 10.5. The minimum Gasteiger partial charge on any atom is -0.491 e. The lowest BCUT2D eigenvalue weighted by molar-refractivity contribution is 0.0696. The lowest BCUT2D eigenvalue weighted by atomic mass is 10.2. The Morgan fingerprint density at radius 2 is 1.79 bits per heavy atom. The molecule has 0 atom stereocenters. The van der Waals surface area contributed by atoms with Gasteiger partial charge in [-0.05, 0) is 30.5 Å². The minimum atomic E-state index is -1.17. The summed E-state index contributed by atoms with van der Waals surface area (Å²) in [6.45, 7) is 6.50. The third-order valence-corrected chi connectivity index (χ3v) is 4.94. The van der Waals surface area contributed by atoms with Crippen LogP contribution in [0.3, 0.4) is 0 Å². The van der Waals surface area contributed by atoms with Crippen LogP contribution in [0, 0.1) is 12.8 Å². The third-order valence-electron chi connectivity index (χ3n) is 4.03. The average Bonchev–Trinajstić information content (AvgIpc) is 3.22. The van der Waals surface area contributed by atoms with Crippen LogP contribution in [0.4, 0.5) is 21.6 Å². The van der Waals surface area contributed by atoms with Gasteiger partial charge in [0.15, 0.2) is 5.13 Å². The largest absolute Gasteiger partial charge is 0.491 e. The number of urea groups is 1. The summed E-state index contributed by atoms with van der Waals surface area (Å²) < 4.78 is 5.79. The lowest BCUT2D eigenvalue weighted by Crippen LogP contribution is -2.20. The molecule has 172 valence electrons. The molecule has 2 aromatic heterocycles. The second-order valence-electron chi connectivity index (χ2n) is 7.37. The first-order valence-electron chi connectivity index (χ1n) is 9.85. The molecule has 0 aliphatic rings. The van der Waals surface area contributed by atoms with Crippen LogP contribution in [0.15, 0.2) is 36.8 Å². The Kier molecular flexibility index (Phi) is 7.51. The summed E-state index contributed by atoms with van der Waals surface area (Å²) in [5.41, 5.74) is 1.40. The number of carbonyl (C=O) groups excluding carboxylic acids is 2. The number of hydrogen-bond acceptors (Lipinski definition) is 8. The zero-order valence-corrected chi connectivity index (χ0v) is 18.9. The van der Waals surface area contributed by atoms with Gasteiger partial charge in [0.1, 0.15) is 10.6 Å². The number of aryl methyl sites for hydroxylation is 1. The number of amides is 3. The highest BCUT2D eigenvalue weighted by atomic mass is 32.1. The van der Waals surface area contributed by atoms with Crippen LogP contribution in [-0.4, -0.2) is 44.6 Å². The molecule has 1 aromatic carbocycles. The van der Waals surface area contributed by atoms with Crippen molar-refractivity contribution in [1.82, 2.24) is 15.0 Å². The summed E-state index contributed by atoms with van der Waals surface area (Å²) in [4.78, 5) is 47.4. The van der Waals surface area contributed by atoms with Crippen LogP contribution >= 0.6 is 11.3 Å². The molecule has 0 aliphatic heterocycles. The number of nitrogens with one attached hydrogen (secondary N) is 3. The summed E-state index contributed by atoms with van der Waals surface area (Å²) in [6, 6.07) is 4.91. The molecule has 0 unspecified atom stereocenters. The fraction of sp³-hybridized carbons (Fsp3) is 0.238. The molecule has 0 bridgehead atoms. The maximum atomic E-state index is 12.4. The fourth-order valence-electron chi connectivity index (χ4n) is 2.46. The van der Waals surface area contributed by atoms with Crippen molar-refractivity contribution < 1.29 is 24.2 Å². The number of carboxylic acids is 1. The molecule has 3 amide bonds. The van der Waals surface area contributed by atoms with Gasteiger partial charge in [-0.15, -0.1) is 0 Å². The van der Waals surface area contributed by atoms with Gasteiger partial charge in [0, 0.05) is 12.4 Å². The van der Waals surface area contributed by atoms with Crippen molar-refractivity contribution in [1.29, 1.82) is 0 Å². The van der Waals surface area contributed by atoms with Crippen molar-refractivity contribution in [3.8, 4) is 5.75 Å². The zero-order valence-electron chi connectivity index (χ0n) is 18.1. The van der Waals surface area contributed by atoms with Crippen LogP contribution in [0.5, 0.6) is 5.75 Å². The summed E-state index contributed by atoms with van der Waals surface area (Å²) in [6.07, 6.45) is 3.46. The zero-order chi connectivity index (χ0) is 24.0. The molecule has 0 radical (unpaired) electrons. The van der Waals surface area contributed by atoms with E-state index in [-0.39, 0.29) is 21.5 Å². The Morgan fingerprint density at radius 3 is 2.45 bits per heavy atom. The maximum absolute atomic E-state index is 12.4. The number of hydrogen-bond donors (Lipinski definition) is 4. The van der Waals surface area contributed by atoms with E-state index in [0.29, 0.717) is 24.0 Å². The maximum Gasteiger partial charge on any atom is 0.338 e. The van der Waals surface area contributed by atoms with Gasteiger partial charge < -0.3 is 15.2 Å². The van der Waals surface area contributed by atoms with E-state index in [9.17, 15) is 14.4 Å². The molecule has 0 saturated heterocycles. The van der Waals surface area contributed by atoms with E-state index in [1.165, 1.54) is 6.20 Å². The third kappa shape index (κ3) is 6.71. The van der Waals surface area contributed by atoms with Crippen molar-refractivity contribution in [2.45, 2.75) is 20.8 Å². The monoisotopic (exact) mass is 470 g/mol. The van der Waals surface area contributed by atoms with Gasteiger partial charge in [-0.2, -0.15) is 0 Å². The lowest BCUT2D eigenvalue weighted by Gasteiger charge is -2.14. The van der Waals surface area contributed by atoms with Crippen molar-refractivity contribution in [2.24, 2.45) is 5.92 Å². The summed E-state index contributed by atoms with van der Waals surface area (Å²) in [7, 11) is 0. The Bertz CT molecular complexity index is 1160. The van der Waals surface area contributed by atoms with E-state index in [4.69, 9.17) is 9.84 Å². The molecule has 33 heavy (non-hydrogen) atoms. The number of rotatable bonds is 8. The highest BCUT2D eigenvalue weighted by molar-refractivity contribution is 7.17.